The molecule has 0 aliphatic carbocycles. The zero-order valence-corrected chi connectivity index (χ0v) is 16.6. The molecule has 1 aliphatic rings. The number of carbonyl (C=O) groups excluding carboxylic acids is 2. The van der Waals surface area contributed by atoms with Gasteiger partial charge in [0.2, 0.25) is 11.8 Å². The van der Waals surface area contributed by atoms with Crippen LogP contribution in [-0.4, -0.2) is 18.4 Å². The minimum Gasteiger partial charge on any atom is -0.356 e. The first kappa shape index (κ1) is 19.9. The van der Waals surface area contributed by atoms with Gasteiger partial charge in [0.25, 0.3) is 0 Å². The highest BCUT2D eigenvalue weighted by atomic mass is 16.2. The molecule has 0 aromatic heterocycles. The van der Waals surface area contributed by atoms with Crippen molar-refractivity contribution < 1.29 is 9.59 Å². The number of nitrogens with one attached hydrogen (secondary N) is 3. The standard InChI is InChI=1S/C23H29N3O2/c1-3-17(4-2)18-7-11-20(12-8-18)26-19-9-5-16(6-10-19)15-25-23(28)21-13-14-24-22(21)27/h5-12,17,21,26H,3-4,13-15H2,1-2H3,(H,24,27)(H,25,28). The second-order valence-electron chi connectivity index (χ2n) is 7.31. The molecule has 28 heavy (non-hydrogen) atoms. The van der Waals surface area contributed by atoms with Crippen LogP contribution in [0.15, 0.2) is 48.5 Å². The van der Waals surface area contributed by atoms with Crippen molar-refractivity contribution in [2.45, 2.75) is 45.6 Å². The molecule has 0 spiro atoms. The molecule has 2 aromatic rings. The number of anilines is 2. The molecule has 1 unspecified atom stereocenters. The highest BCUT2D eigenvalue weighted by Gasteiger charge is 2.30. The fourth-order valence-electron chi connectivity index (χ4n) is 3.63. The molecule has 0 radical (unpaired) electrons. The van der Waals surface area contributed by atoms with E-state index in [1.165, 1.54) is 5.56 Å². The van der Waals surface area contributed by atoms with Gasteiger partial charge in [0.1, 0.15) is 5.92 Å². The van der Waals surface area contributed by atoms with Crippen molar-refractivity contribution in [2.75, 3.05) is 11.9 Å². The monoisotopic (exact) mass is 379 g/mol. The van der Waals surface area contributed by atoms with E-state index in [0.29, 0.717) is 25.4 Å². The maximum absolute atomic E-state index is 12.1. The summed E-state index contributed by atoms with van der Waals surface area (Å²) < 4.78 is 0. The van der Waals surface area contributed by atoms with Crippen molar-refractivity contribution in [3.05, 3.63) is 59.7 Å². The van der Waals surface area contributed by atoms with Crippen molar-refractivity contribution in [1.29, 1.82) is 0 Å². The Labute approximate surface area is 166 Å². The van der Waals surface area contributed by atoms with E-state index in [0.717, 1.165) is 29.8 Å². The predicted octanol–water partition coefficient (Wildman–Crippen LogP) is 4.09. The molecule has 5 heteroatoms. The van der Waals surface area contributed by atoms with Crippen LogP contribution in [0.25, 0.3) is 0 Å². The summed E-state index contributed by atoms with van der Waals surface area (Å²) in [5.74, 6) is -0.301. The van der Waals surface area contributed by atoms with Gasteiger partial charge in [0.05, 0.1) is 0 Å². The first-order valence-electron chi connectivity index (χ1n) is 10.1. The van der Waals surface area contributed by atoms with Gasteiger partial charge in [0.15, 0.2) is 0 Å². The molecule has 2 aromatic carbocycles. The lowest BCUT2D eigenvalue weighted by molar-refractivity contribution is -0.133. The van der Waals surface area contributed by atoms with Crippen LogP contribution in [-0.2, 0) is 16.1 Å². The Morgan fingerprint density at radius 3 is 2.18 bits per heavy atom. The molecule has 3 N–H and O–H groups in total. The predicted molar refractivity (Wildman–Crippen MR) is 112 cm³/mol. The Bertz CT molecular complexity index is 796. The molecule has 1 atom stereocenters. The number of hydrogen-bond donors (Lipinski definition) is 3. The summed E-state index contributed by atoms with van der Waals surface area (Å²) in [6.07, 6.45) is 2.89. The van der Waals surface area contributed by atoms with E-state index in [1.807, 2.05) is 24.3 Å². The third-order valence-electron chi connectivity index (χ3n) is 5.44. The smallest absolute Gasteiger partial charge is 0.232 e. The average Bonchev–Trinajstić information content (AvgIpc) is 3.15. The molecule has 5 nitrogen and oxygen atoms in total. The fourth-order valence-corrected chi connectivity index (χ4v) is 3.63. The summed E-state index contributed by atoms with van der Waals surface area (Å²) >= 11 is 0. The lowest BCUT2D eigenvalue weighted by atomic mass is 9.94. The van der Waals surface area contributed by atoms with Gasteiger partial charge >= 0.3 is 0 Å². The van der Waals surface area contributed by atoms with Crippen LogP contribution in [0, 0.1) is 5.92 Å². The number of hydrogen-bond acceptors (Lipinski definition) is 3. The van der Waals surface area contributed by atoms with E-state index in [4.69, 9.17) is 0 Å². The fraction of sp³-hybridized carbons (Fsp3) is 0.391. The minimum absolute atomic E-state index is 0.174. The van der Waals surface area contributed by atoms with Gasteiger partial charge in [-0.3, -0.25) is 9.59 Å². The van der Waals surface area contributed by atoms with Crippen molar-refractivity contribution in [1.82, 2.24) is 10.6 Å². The Morgan fingerprint density at radius 1 is 1.04 bits per heavy atom. The second kappa shape index (κ2) is 9.40. The SMILES string of the molecule is CCC(CC)c1ccc(Nc2ccc(CNC(=O)C3CCNC3=O)cc2)cc1. The van der Waals surface area contributed by atoms with Gasteiger partial charge in [-0.2, -0.15) is 0 Å². The molecular formula is C23H29N3O2. The van der Waals surface area contributed by atoms with Gasteiger partial charge in [-0.15, -0.1) is 0 Å². The van der Waals surface area contributed by atoms with E-state index in [9.17, 15) is 9.59 Å². The number of carbonyl (C=O) groups is 2. The Kier molecular flexibility index (Phi) is 6.69. The van der Waals surface area contributed by atoms with E-state index in [2.05, 4.69) is 54.1 Å². The van der Waals surface area contributed by atoms with Crippen molar-refractivity contribution in [3.8, 4) is 0 Å². The van der Waals surface area contributed by atoms with Crippen LogP contribution in [0.3, 0.4) is 0 Å². The van der Waals surface area contributed by atoms with Crippen molar-refractivity contribution in [3.63, 3.8) is 0 Å². The summed E-state index contributed by atoms with van der Waals surface area (Å²) in [4.78, 5) is 23.6. The van der Waals surface area contributed by atoms with Crippen molar-refractivity contribution >= 4 is 23.2 Å². The molecule has 2 amide bonds. The molecule has 0 bridgehead atoms. The molecule has 148 valence electrons. The quantitative estimate of drug-likeness (QED) is 0.605. The number of amides is 2. The van der Waals surface area contributed by atoms with Gasteiger partial charge in [0, 0.05) is 24.5 Å². The maximum Gasteiger partial charge on any atom is 0.232 e. The molecule has 1 fully saturated rings. The highest BCUT2D eigenvalue weighted by Crippen LogP contribution is 2.25. The second-order valence-corrected chi connectivity index (χ2v) is 7.31. The van der Waals surface area contributed by atoms with E-state index >= 15 is 0 Å². The lowest BCUT2D eigenvalue weighted by Crippen LogP contribution is -2.34. The molecule has 1 heterocycles. The lowest BCUT2D eigenvalue weighted by Gasteiger charge is -2.14. The molecule has 1 saturated heterocycles. The van der Waals surface area contributed by atoms with E-state index in [1.54, 1.807) is 0 Å². The van der Waals surface area contributed by atoms with Gasteiger partial charge in [-0.05, 0) is 60.6 Å². The topological polar surface area (TPSA) is 70.2 Å². The van der Waals surface area contributed by atoms with Gasteiger partial charge in [-0.1, -0.05) is 38.1 Å². The molecule has 0 saturated carbocycles. The maximum atomic E-state index is 12.1. The number of rotatable bonds is 8. The average molecular weight is 380 g/mol. The van der Waals surface area contributed by atoms with Crippen LogP contribution in [0.1, 0.15) is 50.2 Å². The van der Waals surface area contributed by atoms with Crippen LogP contribution in [0.2, 0.25) is 0 Å². The first-order chi connectivity index (χ1) is 13.6. The Hall–Kier alpha value is -2.82. The third kappa shape index (κ3) is 4.91. The van der Waals surface area contributed by atoms with Crippen molar-refractivity contribution in [2.24, 2.45) is 5.92 Å². The van der Waals surface area contributed by atoms with Gasteiger partial charge < -0.3 is 16.0 Å². The Morgan fingerprint density at radius 2 is 1.64 bits per heavy atom. The van der Waals surface area contributed by atoms with Gasteiger partial charge in [-0.25, -0.2) is 0 Å². The van der Waals surface area contributed by atoms with Crippen LogP contribution in [0.5, 0.6) is 0 Å². The summed E-state index contributed by atoms with van der Waals surface area (Å²) in [6, 6.07) is 16.6. The largest absolute Gasteiger partial charge is 0.356 e. The summed E-state index contributed by atoms with van der Waals surface area (Å²) in [6.45, 7) is 5.46. The molecular weight excluding hydrogens is 350 g/mol. The highest BCUT2D eigenvalue weighted by molar-refractivity contribution is 6.01. The normalized spacial score (nSPS) is 16.1. The zero-order valence-electron chi connectivity index (χ0n) is 16.6. The summed E-state index contributed by atoms with van der Waals surface area (Å²) in [5.41, 5.74) is 4.45. The number of benzene rings is 2. The molecule has 1 aliphatic heterocycles. The third-order valence-corrected chi connectivity index (χ3v) is 5.44. The van der Waals surface area contributed by atoms with Crippen LogP contribution in [0.4, 0.5) is 11.4 Å². The van der Waals surface area contributed by atoms with Crippen LogP contribution >= 0.6 is 0 Å². The Balaban J connectivity index is 1.53. The van der Waals surface area contributed by atoms with Crippen LogP contribution < -0.4 is 16.0 Å². The van der Waals surface area contributed by atoms with E-state index < -0.39 is 5.92 Å². The zero-order chi connectivity index (χ0) is 19.9. The minimum atomic E-state index is -0.552. The first-order valence-corrected chi connectivity index (χ1v) is 10.1. The summed E-state index contributed by atoms with van der Waals surface area (Å²) in [7, 11) is 0. The van der Waals surface area contributed by atoms with E-state index in [-0.39, 0.29) is 11.8 Å². The summed E-state index contributed by atoms with van der Waals surface area (Å²) in [5, 5.41) is 8.94. The molecule has 3 rings (SSSR count).